The number of para-hydroxylation sites is 3. The molecule has 2 aromatic heterocycles. The van der Waals surface area contributed by atoms with Crippen LogP contribution < -0.4 is 9.64 Å². The highest BCUT2D eigenvalue weighted by Crippen LogP contribution is 2.38. The average Bonchev–Trinajstić information content (AvgIpc) is 3.37. The number of nitrogens with zero attached hydrogens (tertiary/aromatic N) is 2. The van der Waals surface area contributed by atoms with Gasteiger partial charge in [0.15, 0.2) is 5.13 Å². The summed E-state index contributed by atoms with van der Waals surface area (Å²) in [6.07, 6.45) is 3.41. The van der Waals surface area contributed by atoms with Crippen LogP contribution in [0.1, 0.15) is 11.8 Å². The molecule has 0 saturated heterocycles. The van der Waals surface area contributed by atoms with Crippen LogP contribution in [0.25, 0.3) is 16.3 Å². The molecule has 4 rings (SSSR count). The zero-order valence-electron chi connectivity index (χ0n) is 15.2. The van der Waals surface area contributed by atoms with Crippen LogP contribution in [-0.4, -0.2) is 17.5 Å². The van der Waals surface area contributed by atoms with Gasteiger partial charge in [-0.1, -0.05) is 41.7 Å². The molecule has 4 aromatic rings. The summed E-state index contributed by atoms with van der Waals surface area (Å²) in [5, 5.41) is 2.61. The van der Waals surface area contributed by atoms with E-state index in [0.29, 0.717) is 23.2 Å². The van der Waals surface area contributed by atoms with Crippen LogP contribution in [-0.2, 0) is 4.79 Å². The van der Waals surface area contributed by atoms with E-state index in [0.717, 1.165) is 15.1 Å². The second-order valence-corrected chi connectivity index (χ2v) is 7.88. The Morgan fingerprint density at radius 1 is 1.11 bits per heavy atom. The lowest BCUT2D eigenvalue weighted by atomic mass is 10.2. The largest absolute Gasteiger partial charge is 0.492 e. The number of carbonyl (C=O) groups excluding carboxylic acids is 1. The molecule has 2 heterocycles. The second-order valence-electron chi connectivity index (χ2n) is 5.89. The Hall–Kier alpha value is -2.96. The van der Waals surface area contributed by atoms with Crippen molar-refractivity contribution >= 4 is 55.7 Å². The molecule has 0 aliphatic heterocycles. The monoisotopic (exact) mass is 406 g/mol. The number of hydrogen-bond acceptors (Lipinski definition) is 5. The van der Waals surface area contributed by atoms with Crippen molar-refractivity contribution in [3.63, 3.8) is 0 Å². The summed E-state index contributed by atoms with van der Waals surface area (Å²) in [6.45, 7) is 2.45. The van der Waals surface area contributed by atoms with E-state index in [1.807, 2.05) is 79.0 Å². The minimum Gasteiger partial charge on any atom is -0.492 e. The van der Waals surface area contributed by atoms with Crippen molar-refractivity contribution in [2.75, 3.05) is 11.5 Å². The number of rotatable bonds is 6. The number of fused-ring (bicyclic) bond motifs is 1. The molecule has 0 atom stereocenters. The Balaban J connectivity index is 1.80. The smallest absolute Gasteiger partial charge is 0.257 e. The Morgan fingerprint density at radius 3 is 2.71 bits per heavy atom. The Morgan fingerprint density at radius 2 is 1.93 bits per heavy atom. The number of carbonyl (C=O) groups is 1. The quantitative estimate of drug-likeness (QED) is 0.362. The minimum absolute atomic E-state index is 0.167. The van der Waals surface area contributed by atoms with Gasteiger partial charge in [0.05, 0.1) is 22.5 Å². The molecule has 0 N–H and O–H groups in total. The third kappa shape index (κ3) is 3.83. The maximum absolute atomic E-state index is 13.2. The van der Waals surface area contributed by atoms with Crippen molar-refractivity contribution < 1.29 is 9.53 Å². The summed E-state index contributed by atoms with van der Waals surface area (Å²) >= 11 is 3.07. The first-order chi connectivity index (χ1) is 13.8. The first-order valence-electron chi connectivity index (χ1n) is 8.89. The summed E-state index contributed by atoms with van der Waals surface area (Å²) in [7, 11) is 0. The highest BCUT2D eigenvalue weighted by molar-refractivity contribution is 7.22. The fourth-order valence-electron chi connectivity index (χ4n) is 2.81. The van der Waals surface area contributed by atoms with Crippen molar-refractivity contribution in [1.82, 2.24) is 4.98 Å². The molecule has 140 valence electrons. The summed E-state index contributed by atoms with van der Waals surface area (Å²) in [4.78, 5) is 20.6. The van der Waals surface area contributed by atoms with Crippen LogP contribution in [0.15, 0.2) is 72.1 Å². The molecule has 0 radical (unpaired) electrons. The predicted molar refractivity (Wildman–Crippen MR) is 118 cm³/mol. The SMILES string of the molecule is CCOc1ccccc1N(C(=O)/C=C/c1cccs1)c1nc2ccccc2s1. The standard InChI is InChI=1S/C22H18N2O2S2/c1-2-26-19-11-5-4-10-18(19)24(21(25)14-13-16-8-7-15-27-16)22-23-17-9-3-6-12-20(17)28-22/h3-15H,2H2,1H3/b14-13+. The van der Waals surface area contributed by atoms with Gasteiger partial charge in [-0.2, -0.15) is 0 Å². The summed E-state index contributed by atoms with van der Waals surface area (Å²) in [5.74, 6) is 0.488. The molecule has 0 aliphatic rings. The number of ether oxygens (including phenoxy) is 1. The van der Waals surface area contributed by atoms with Crippen LogP contribution >= 0.6 is 22.7 Å². The second kappa shape index (κ2) is 8.37. The van der Waals surface area contributed by atoms with Crippen molar-refractivity contribution in [2.45, 2.75) is 6.92 Å². The van der Waals surface area contributed by atoms with Gasteiger partial charge in [-0.05, 0) is 48.7 Å². The lowest BCUT2D eigenvalue weighted by Gasteiger charge is -2.21. The topological polar surface area (TPSA) is 42.4 Å². The average molecular weight is 407 g/mol. The summed E-state index contributed by atoms with van der Waals surface area (Å²) in [5.41, 5.74) is 1.56. The van der Waals surface area contributed by atoms with Gasteiger partial charge in [0, 0.05) is 11.0 Å². The Kier molecular flexibility index (Phi) is 5.50. The van der Waals surface area contributed by atoms with Crippen molar-refractivity contribution in [3.05, 3.63) is 77.0 Å². The van der Waals surface area contributed by atoms with E-state index in [-0.39, 0.29) is 5.91 Å². The number of aromatic nitrogens is 1. The molecule has 4 nitrogen and oxygen atoms in total. The molecule has 6 heteroatoms. The lowest BCUT2D eigenvalue weighted by Crippen LogP contribution is -2.24. The first-order valence-corrected chi connectivity index (χ1v) is 10.6. The van der Waals surface area contributed by atoms with Crippen molar-refractivity contribution in [2.24, 2.45) is 0 Å². The molecule has 0 bridgehead atoms. The highest BCUT2D eigenvalue weighted by Gasteiger charge is 2.23. The van der Waals surface area contributed by atoms with Crippen LogP contribution in [0.2, 0.25) is 0 Å². The maximum Gasteiger partial charge on any atom is 0.257 e. The number of anilines is 2. The Labute approximate surface area is 171 Å². The van der Waals surface area contributed by atoms with Gasteiger partial charge in [-0.3, -0.25) is 4.79 Å². The van der Waals surface area contributed by atoms with Gasteiger partial charge >= 0.3 is 0 Å². The summed E-state index contributed by atoms with van der Waals surface area (Å²) in [6, 6.07) is 19.4. The van der Waals surface area contributed by atoms with Crippen LogP contribution in [0.5, 0.6) is 5.75 Å². The van der Waals surface area contributed by atoms with E-state index in [9.17, 15) is 4.79 Å². The third-order valence-electron chi connectivity index (χ3n) is 4.03. The molecule has 0 aliphatic carbocycles. The normalized spacial score (nSPS) is 11.2. The number of thiophene rings is 1. The van der Waals surface area contributed by atoms with E-state index in [1.54, 1.807) is 22.3 Å². The maximum atomic E-state index is 13.2. The van der Waals surface area contributed by atoms with E-state index < -0.39 is 0 Å². The van der Waals surface area contributed by atoms with Gasteiger partial charge in [0.1, 0.15) is 5.75 Å². The van der Waals surface area contributed by atoms with Gasteiger partial charge in [0.25, 0.3) is 5.91 Å². The number of thiazole rings is 1. The van der Waals surface area contributed by atoms with Crippen LogP contribution in [0, 0.1) is 0 Å². The van der Waals surface area contributed by atoms with E-state index in [4.69, 9.17) is 9.72 Å². The van der Waals surface area contributed by atoms with Crippen LogP contribution in [0.4, 0.5) is 10.8 Å². The minimum atomic E-state index is -0.167. The number of amides is 1. The van der Waals surface area contributed by atoms with Gasteiger partial charge in [-0.25, -0.2) is 9.88 Å². The fourth-order valence-corrected chi connectivity index (χ4v) is 4.41. The van der Waals surface area contributed by atoms with Gasteiger partial charge in [0.2, 0.25) is 0 Å². The first kappa shape index (κ1) is 18.4. The molecule has 0 unspecified atom stereocenters. The molecule has 0 fully saturated rings. The molecule has 28 heavy (non-hydrogen) atoms. The molecular formula is C22H18N2O2S2. The number of benzene rings is 2. The van der Waals surface area contributed by atoms with Crippen LogP contribution in [0.3, 0.4) is 0 Å². The van der Waals surface area contributed by atoms with Gasteiger partial charge in [-0.15, -0.1) is 11.3 Å². The zero-order chi connectivity index (χ0) is 19.3. The Bertz CT molecular complexity index is 1080. The fraction of sp³-hybridized carbons (Fsp3) is 0.0909. The molecule has 2 aromatic carbocycles. The van der Waals surface area contributed by atoms with E-state index >= 15 is 0 Å². The molecular weight excluding hydrogens is 388 g/mol. The molecule has 0 spiro atoms. The lowest BCUT2D eigenvalue weighted by molar-refractivity contribution is -0.113. The van der Waals surface area contributed by atoms with Gasteiger partial charge < -0.3 is 4.74 Å². The molecule has 1 amide bonds. The predicted octanol–water partition coefficient (Wildman–Crippen LogP) is 6.13. The zero-order valence-corrected chi connectivity index (χ0v) is 16.9. The van der Waals surface area contributed by atoms with Crippen molar-refractivity contribution in [1.29, 1.82) is 0 Å². The van der Waals surface area contributed by atoms with E-state index in [2.05, 4.69) is 0 Å². The van der Waals surface area contributed by atoms with Crippen molar-refractivity contribution in [3.8, 4) is 5.75 Å². The summed E-state index contributed by atoms with van der Waals surface area (Å²) < 4.78 is 6.81. The highest BCUT2D eigenvalue weighted by atomic mass is 32.1. The molecule has 0 saturated carbocycles. The third-order valence-corrected chi connectivity index (χ3v) is 5.89. The number of hydrogen-bond donors (Lipinski definition) is 0. The van der Waals surface area contributed by atoms with E-state index in [1.165, 1.54) is 11.3 Å².